The number of aromatic hydroxyl groups is 1. The second kappa shape index (κ2) is 10.6. The summed E-state index contributed by atoms with van der Waals surface area (Å²) in [5.74, 6) is -0.606. The summed E-state index contributed by atoms with van der Waals surface area (Å²) in [7, 11) is 0. The lowest BCUT2D eigenvalue weighted by molar-refractivity contribution is -0.116. The fraction of sp³-hybridized carbons (Fsp3) is 0.207. The fourth-order valence-corrected chi connectivity index (χ4v) is 5.42. The minimum absolute atomic E-state index is 0.111. The van der Waals surface area contributed by atoms with Crippen LogP contribution in [0.15, 0.2) is 79.0 Å². The van der Waals surface area contributed by atoms with Crippen molar-refractivity contribution < 1.29 is 14.3 Å². The maximum Gasteiger partial charge on any atom is 0.226 e. The molecule has 1 amide bonds. The number of pyridine rings is 1. The molecule has 1 aliphatic heterocycles. The van der Waals surface area contributed by atoms with Gasteiger partial charge in [-0.05, 0) is 74.1 Å². The van der Waals surface area contributed by atoms with Gasteiger partial charge in [0.25, 0.3) is 0 Å². The summed E-state index contributed by atoms with van der Waals surface area (Å²) in [4.78, 5) is 19.3. The quantitative estimate of drug-likeness (QED) is 0.281. The molecule has 0 bridgehead atoms. The van der Waals surface area contributed by atoms with E-state index in [2.05, 4.69) is 21.7 Å². The van der Waals surface area contributed by atoms with E-state index < -0.39 is 5.82 Å². The fourth-order valence-electron chi connectivity index (χ4n) is 5.09. The number of hydrogen-bond donors (Lipinski definition) is 3. The van der Waals surface area contributed by atoms with Gasteiger partial charge < -0.3 is 25.2 Å². The van der Waals surface area contributed by atoms with Crippen LogP contribution >= 0.6 is 12.2 Å². The molecule has 0 saturated carbocycles. The topological polar surface area (TPSA) is 82.4 Å². The molecule has 3 N–H and O–H groups in total. The van der Waals surface area contributed by atoms with Crippen LogP contribution in [0.25, 0.3) is 5.69 Å². The van der Waals surface area contributed by atoms with Crippen LogP contribution < -0.4 is 10.6 Å². The number of aryl methyl sites for hydroxylation is 1. The number of benzene rings is 2. The van der Waals surface area contributed by atoms with Gasteiger partial charge in [0, 0.05) is 30.6 Å². The van der Waals surface area contributed by atoms with E-state index in [0.29, 0.717) is 17.3 Å². The van der Waals surface area contributed by atoms with Gasteiger partial charge in [-0.25, -0.2) is 4.39 Å². The monoisotopic (exact) mass is 529 g/mol. The van der Waals surface area contributed by atoms with Crippen LogP contribution in [0, 0.1) is 19.7 Å². The molecule has 1 aliphatic rings. The number of phenols is 1. The van der Waals surface area contributed by atoms with Crippen molar-refractivity contribution in [2.45, 2.75) is 32.4 Å². The lowest BCUT2D eigenvalue weighted by Crippen LogP contribution is -2.33. The van der Waals surface area contributed by atoms with Gasteiger partial charge in [-0.1, -0.05) is 30.3 Å². The van der Waals surface area contributed by atoms with Crippen LogP contribution in [0.3, 0.4) is 0 Å². The summed E-state index contributed by atoms with van der Waals surface area (Å²) < 4.78 is 16.1. The van der Waals surface area contributed by atoms with E-state index in [4.69, 9.17) is 12.2 Å². The van der Waals surface area contributed by atoms with Gasteiger partial charge in [0.1, 0.15) is 11.6 Å². The van der Waals surface area contributed by atoms with E-state index in [1.54, 1.807) is 30.5 Å². The number of amides is 1. The molecular formula is C29H28FN5O2S. The third kappa shape index (κ3) is 4.84. The number of para-hydroxylation sites is 3. The Hall–Kier alpha value is -4.24. The first kappa shape index (κ1) is 25.4. The average Bonchev–Trinajstić information content (AvgIpc) is 3.39. The molecule has 1 saturated heterocycles. The molecule has 7 nitrogen and oxygen atoms in total. The second-order valence-electron chi connectivity index (χ2n) is 9.25. The molecule has 2 aromatic carbocycles. The Balaban J connectivity index is 1.48. The third-order valence-corrected chi connectivity index (χ3v) is 7.19. The second-order valence-corrected chi connectivity index (χ2v) is 9.64. The zero-order valence-electron chi connectivity index (χ0n) is 21.1. The molecule has 5 rings (SSSR count). The Labute approximate surface area is 225 Å². The Kier molecular flexibility index (Phi) is 7.11. The number of carbonyl (C=O) groups excluding carboxylic acids is 1. The van der Waals surface area contributed by atoms with Gasteiger partial charge in [-0.15, -0.1) is 0 Å². The molecule has 1 fully saturated rings. The van der Waals surface area contributed by atoms with Crippen molar-refractivity contribution in [1.29, 1.82) is 0 Å². The number of thiocarbonyl (C=S) groups is 1. The maximum atomic E-state index is 14.0. The van der Waals surface area contributed by atoms with E-state index in [1.807, 2.05) is 53.6 Å². The first-order valence-corrected chi connectivity index (χ1v) is 12.8. The summed E-state index contributed by atoms with van der Waals surface area (Å²) in [6, 6.07) is 20.6. The molecule has 2 aromatic heterocycles. The maximum absolute atomic E-state index is 14.0. The zero-order valence-corrected chi connectivity index (χ0v) is 21.9. The first-order valence-electron chi connectivity index (χ1n) is 12.3. The van der Waals surface area contributed by atoms with Crippen molar-refractivity contribution in [2.75, 3.05) is 11.9 Å². The highest BCUT2D eigenvalue weighted by molar-refractivity contribution is 7.80. The lowest BCUT2D eigenvalue weighted by atomic mass is 9.96. The van der Waals surface area contributed by atoms with Crippen molar-refractivity contribution in [3.8, 4) is 11.4 Å². The predicted molar refractivity (Wildman–Crippen MR) is 149 cm³/mol. The molecule has 0 radical (unpaired) electrons. The van der Waals surface area contributed by atoms with Crippen LogP contribution in [-0.2, 0) is 4.79 Å². The van der Waals surface area contributed by atoms with Crippen LogP contribution in [0.2, 0.25) is 0 Å². The summed E-state index contributed by atoms with van der Waals surface area (Å²) in [5, 5.41) is 17.1. The molecule has 194 valence electrons. The van der Waals surface area contributed by atoms with Gasteiger partial charge >= 0.3 is 0 Å². The van der Waals surface area contributed by atoms with E-state index in [1.165, 1.54) is 12.1 Å². The number of anilines is 1. The van der Waals surface area contributed by atoms with Crippen molar-refractivity contribution in [3.63, 3.8) is 0 Å². The molecule has 38 heavy (non-hydrogen) atoms. The lowest BCUT2D eigenvalue weighted by Gasteiger charge is -2.28. The molecule has 0 unspecified atom stereocenters. The van der Waals surface area contributed by atoms with Gasteiger partial charge in [0.2, 0.25) is 5.91 Å². The minimum atomic E-state index is -0.482. The summed E-state index contributed by atoms with van der Waals surface area (Å²) in [6.07, 6.45) is 1.85. The standard InChI is InChI=1S/C29H28FN5O2S/c1-18-17-20(19(2)35(18)24-12-5-6-13-25(24)36)28-27(23-11-7-8-15-31-23)33-29(38)34(28)16-14-26(37)32-22-10-4-3-9-21(22)30/h3-13,15,17,27-28,36H,14,16H2,1-2H3,(H,32,37)(H,33,38)/t27-,28+/m1/s1. The number of halogens is 1. The number of nitrogens with zero attached hydrogens (tertiary/aromatic N) is 3. The normalized spacial score (nSPS) is 16.9. The summed E-state index contributed by atoms with van der Waals surface area (Å²) in [6.45, 7) is 4.32. The smallest absolute Gasteiger partial charge is 0.226 e. The van der Waals surface area contributed by atoms with Crippen molar-refractivity contribution in [1.82, 2.24) is 19.8 Å². The van der Waals surface area contributed by atoms with Crippen LogP contribution in [0.4, 0.5) is 10.1 Å². The Morgan fingerprint density at radius 1 is 1.11 bits per heavy atom. The molecule has 2 atom stereocenters. The number of hydrogen-bond acceptors (Lipinski definition) is 4. The molecule has 4 aromatic rings. The van der Waals surface area contributed by atoms with E-state index >= 15 is 0 Å². The van der Waals surface area contributed by atoms with Crippen LogP contribution in [0.5, 0.6) is 5.75 Å². The van der Waals surface area contributed by atoms with Gasteiger partial charge in [0.05, 0.1) is 29.2 Å². The highest BCUT2D eigenvalue weighted by Crippen LogP contribution is 2.42. The van der Waals surface area contributed by atoms with E-state index in [9.17, 15) is 14.3 Å². The Morgan fingerprint density at radius 3 is 2.58 bits per heavy atom. The zero-order chi connectivity index (χ0) is 26.8. The summed E-state index contributed by atoms with van der Waals surface area (Å²) >= 11 is 5.74. The number of carbonyl (C=O) groups is 1. The highest BCUT2D eigenvalue weighted by Gasteiger charge is 2.41. The molecule has 3 heterocycles. The first-order chi connectivity index (χ1) is 18.3. The van der Waals surface area contributed by atoms with Crippen LogP contribution in [0.1, 0.15) is 41.1 Å². The molecule has 0 spiro atoms. The average molecular weight is 530 g/mol. The van der Waals surface area contributed by atoms with Crippen LogP contribution in [-0.4, -0.2) is 37.1 Å². The van der Waals surface area contributed by atoms with Gasteiger partial charge in [-0.2, -0.15) is 0 Å². The van der Waals surface area contributed by atoms with E-state index in [0.717, 1.165) is 22.6 Å². The molecule has 9 heteroatoms. The SMILES string of the molecule is Cc1cc([C@H]2[C@@H](c3ccccn3)NC(=S)N2CCC(=O)Nc2ccccc2F)c(C)n1-c1ccccc1O. The summed E-state index contributed by atoms with van der Waals surface area (Å²) in [5.41, 5.74) is 4.56. The largest absolute Gasteiger partial charge is 0.506 e. The van der Waals surface area contributed by atoms with Gasteiger partial charge in [-0.3, -0.25) is 9.78 Å². The Morgan fingerprint density at radius 2 is 1.84 bits per heavy atom. The minimum Gasteiger partial charge on any atom is -0.506 e. The van der Waals surface area contributed by atoms with Crippen molar-refractivity contribution >= 4 is 28.9 Å². The predicted octanol–water partition coefficient (Wildman–Crippen LogP) is 5.34. The van der Waals surface area contributed by atoms with Crippen molar-refractivity contribution in [3.05, 3.63) is 107 Å². The number of aromatic nitrogens is 2. The van der Waals surface area contributed by atoms with E-state index in [-0.39, 0.29) is 35.8 Å². The molecule has 0 aliphatic carbocycles. The van der Waals surface area contributed by atoms with Gasteiger partial charge in [0.15, 0.2) is 5.11 Å². The number of phenolic OH excluding ortho intramolecular Hbond substituents is 1. The number of rotatable bonds is 7. The third-order valence-electron chi connectivity index (χ3n) is 6.84. The number of nitrogens with one attached hydrogen (secondary N) is 2. The molecular weight excluding hydrogens is 501 g/mol. The Bertz CT molecular complexity index is 1490. The highest BCUT2D eigenvalue weighted by atomic mass is 32.1. The van der Waals surface area contributed by atoms with Crippen molar-refractivity contribution in [2.24, 2.45) is 0 Å².